The van der Waals surface area contributed by atoms with Crippen LogP contribution in [0.15, 0.2) is 30.5 Å². The molecule has 7 nitrogen and oxygen atoms in total. The molecule has 1 aromatic carbocycles. The van der Waals surface area contributed by atoms with Crippen molar-refractivity contribution >= 4 is 17.6 Å². The monoisotopic (exact) mass is 329 g/mol. The van der Waals surface area contributed by atoms with Gasteiger partial charge in [-0.2, -0.15) is 5.10 Å². The largest absolute Gasteiger partial charge is 0.497 e. The highest BCUT2D eigenvalue weighted by Gasteiger charge is 2.20. The van der Waals surface area contributed by atoms with Crippen molar-refractivity contribution in [2.24, 2.45) is 0 Å². The second-order valence-corrected chi connectivity index (χ2v) is 5.79. The molecule has 126 valence electrons. The van der Waals surface area contributed by atoms with Crippen molar-refractivity contribution in [3.05, 3.63) is 41.7 Å². The van der Waals surface area contributed by atoms with E-state index in [9.17, 15) is 14.7 Å². The van der Waals surface area contributed by atoms with Gasteiger partial charge in [-0.3, -0.25) is 9.48 Å². The van der Waals surface area contributed by atoms with E-state index in [2.05, 4.69) is 10.4 Å². The molecule has 0 radical (unpaired) electrons. The summed E-state index contributed by atoms with van der Waals surface area (Å²) in [7, 11) is 1.45. The number of hydrogen-bond donors (Lipinski definition) is 2. The van der Waals surface area contributed by atoms with E-state index < -0.39 is 11.9 Å². The first-order valence-corrected chi connectivity index (χ1v) is 7.86. The Morgan fingerprint density at radius 3 is 2.71 bits per heavy atom. The van der Waals surface area contributed by atoms with E-state index in [1.807, 2.05) is 4.68 Å². The standard InChI is InChI=1S/C17H19N3O4/c1-24-12-6-7-14(13(10-12)17(22)23)18-16(21)15-8-9-20(19-15)11-4-2-3-5-11/h6-11H,2-5H2,1H3,(H,18,21)(H,22,23). The van der Waals surface area contributed by atoms with Crippen LogP contribution < -0.4 is 10.1 Å². The van der Waals surface area contributed by atoms with Crippen LogP contribution in [-0.2, 0) is 0 Å². The van der Waals surface area contributed by atoms with Gasteiger partial charge in [0.15, 0.2) is 5.69 Å². The van der Waals surface area contributed by atoms with Crippen LogP contribution in [0.25, 0.3) is 0 Å². The second-order valence-electron chi connectivity index (χ2n) is 5.79. The third kappa shape index (κ3) is 3.24. The van der Waals surface area contributed by atoms with Crippen molar-refractivity contribution in [1.82, 2.24) is 9.78 Å². The number of carbonyl (C=O) groups is 2. The normalized spacial score (nSPS) is 14.5. The smallest absolute Gasteiger partial charge is 0.337 e. The molecule has 2 N–H and O–H groups in total. The predicted molar refractivity (Wildman–Crippen MR) is 87.6 cm³/mol. The van der Waals surface area contributed by atoms with Crippen LogP contribution in [0.4, 0.5) is 5.69 Å². The molecule has 2 aromatic rings. The molecule has 0 unspecified atom stereocenters. The second kappa shape index (κ2) is 6.74. The zero-order valence-corrected chi connectivity index (χ0v) is 13.4. The first kappa shape index (κ1) is 16.0. The quantitative estimate of drug-likeness (QED) is 0.879. The van der Waals surface area contributed by atoms with Crippen LogP contribution in [0.3, 0.4) is 0 Å². The molecule has 1 saturated carbocycles. The Morgan fingerprint density at radius 2 is 2.04 bits per heavy atom. The number of hydrogen-bond acceptors (Lipinski definition) is 4. The fourth-order valence-corrected chi connectivity index (χ4v) is 2.95. The van der Waals surface area contributed by atoms with E-state index in [0.717, 1.165) is 12.8 Å². The van der Waals surface area contributed by atoms with E-state index in [0.29, 0.717) is 11.8 Å². The van der Waals surface area contributed by atoms with Crippen molar-refractivity contribution in [1.29, 1.82) is 0 Å². The first-order valence-electron chi connectivity index (χ1n) is 7.86. The molecule has 0 bridgehead atoms. The lowest BCUT2D eigenvalue weighted by Crippen LogP contribution is -2.16. The number of carbonyl (C=O) groups excluding carboxylic acids is 1. The summed E-state index contributed by atoms with van der Waals surface area (Å²) in [5.41, 5.74) is 0.454. The van der Waals surface area contributed by atoms with Gasteiger partial charge in [-0.15, -0.1) is 0 Å². The average Bonchev–Trinajstić information content (AvgIpc) is 3.26. The van der Waals surface area contributed by atoms with E-state index in [-0.39, 0.29) is 16.9 Å². The third-order valence-electron chi connectivity index (χ3n) is 4.25. The van der Waals surface area contributed by atoms with E-state index in [4.69, 9.17) is 4.74 Å². The SMILES string of the molecule is COc1ccc(NC(=O)c2ccn(C3CCCC3)n2)c(C(=O)O)c1. The van der Waals surface area contributed by atoms with Crippen LogP contribution in [0.5, 0.6) is 5.75 Å². The Hall–Kier alpha value is -2.83. The summed E-state index contributed by atoms with van der Waals surface area (Å²) < 4.78 is 6.85. The minimum absolute atomic E-state index is 0.0297. The molecule has 3 rings (SSSR count). The summed E-state index contributed by atoms with van der Waals surface area (Å²) in [5, 5.41) is 16.2. The topological polar surface area (TPSA) is 93.5 Å². The summed E-state index contributed by atoms with van der Waals surface area (Å²) in [5.74, 6) is -1.16. The highest BCUT2D eigenvalue weighted by Crippen LogP contribution is 2.29. The van der Waals surface area contributed by atoms with Gasteiger partial charge in [-0.05, 0) is 37.1 Å². The van der Waals surface area contributed by atoms with Crippen LogP contribution in [0.1, 0.15) is 52.6 Å². The van der Waals surface area contributed by atoms with Crippen molar-refractivity contribution in [2.75, 3.05) is 12.4 Å². The van der Waals surface area contributed by atoms with E-state index in [1.165, 1.54) is 32.1 Å². The summed E-state index contributed by atoms with van der Waals surface area (Å²) in [6.07, 6.45) is 6.31. The number of aromatic carboxylic acids is 1. The van der Waals surface area contributed by atoms with Crippen molar-refractivity contribution < 1.29 is 19.4 Å². The van der Waals surface area contributed by atoms with Crippen LogP contribution >= 0.6 is 0 Å². The van der Waals surface area contributed by atoms with Crippen LogP contribution in [0.2, 0.25) is 0 Å². The van der Waals surface area contributed by atoms with Gasteiger partial charge in [0.1, 0.15) is 5.75 Å². The average molecular weight is 329 g/mol. The van der Waals surface area contributed by atoms with Gasteiger partial charge in [0.2, 0.25) is 0 Å². The van der Waals surface area contributed by atoms with E-state index >= 15 is 0 Å². The first-order chi connectivity index (χ1) is 11.6. The highest BCUT2D eigenvalue weighted by molar-refractivity contribution is 6.06. The molecule has 24 heavy (non-hydrogen) atoms. The lowest BCUT2D eigenvalue weighted by Gasteiger charge is -2.10. The Balaban J connectivity index is 1.78. The number of nitrogens with zero attached hydrogens (tertiary/aromatic N) is 2. The third-order valence-corrected chi connectivity index (χ3v) is 4.25. The molecule has 1 amide bonds. The van der Waals surface area contributed by atoms with Gasteiger partial charge in [0, 0.05) is 6.20 Å². The number of benzene rings is 1. The zero-order chi connectivity index (χ0) is 17.1. The van der Waals surface area contributed by atoms with Crippen molar-refractivity contribution in [3.8, 4) is 5.75 Å². The molecule has 1 heterocycles. The summed E-state index contributed by atoms with van der Waals surface area (Å²) in [4.78, 5) is 23.7. The number of methoxy groups -OCH3 is 1. The molecule has 0 spiro atoms. The lowest BCUT2D eigenvalue weighted by molar-refractivity contribution is 0.0697. The Kier molecular flexibility index (Phi) is 4.50. The minimum atomic E-state index is -1.14. The maximum absolute atomic E-state index is 12.4. The van der Waals surface area contributed by atoms with E-state index in [1.54, 1.807) is 18.3 Å². The van der Waals surface area contributed by atoms with Gasteiger partial charge in [0.05, 0.1) is 24.4 Å². The van der Waals surface area contributed by atoms with Gasteiger partial charge in [-0.25, -0.2) is 4.79 Å². The van der Waals surface area contributed by atoms with Gasteiger partial charge in [-0.1, -0.05) is 12.8 Å². The fraction of sp³-hybridized carbons (Fsp3) is 0.353. The predicted octanol–water partition coefficient (Wildman–Crippen LogP) is 2.96. The number of carboxylic acid groups (broad SMARTS) is 1. The van der Waals surface area contributed by atoms with Crippen molar-refractivity contribution in [3.63, 3.8) is 0 Å². The Morgan fingerprint density at radius 1 is 1.29 bits per heavy atom. The van der Waals surface area contributed by atoms with Crippen LogP contribution in [0, 0.1) is 0 Å². The molecular weight excluding hydrogens is 310 g/mol. The maximum Gasteiger partial charge on any atom is 0.337 e. The molecule has 1 fully saturated rings. The summed E-state index contributed by atoms with van der Waals surface area (Å²) >= 11 is 0. The van der Waals surface area contributed by atoms with Crippen LogP contribution in [-0.4, -0.2) is 33.9 Å². The van der Waals surface area contributed by atoms with Crippen molar-refractivity contribution in [2.45, 2.75) is 31.7 Å². The number of anilines is 1. The maximum atomic E-state index is 12.4. The zero-order valence-electron chi connectivity index (χ0n) is 13.4. The number of carboxylic acids is 1. The lowest BCUT2D eigenvalue weighted by atomic mass is 10.1. The number of amides is 1. The Bertz CT molecular complexity index is 763. The minimum Gasteiger partial charge on any atom is -0.497 e. The van der Waals surface area contributed by atoms with Gasteiger partial charge < -0.3 is 15.2 Å². The molecule has 0 saturated heterocycles. The molecule has 1 aliphatic rings. The van der Waals surface area contributed by atoms with Gasteiger partial charge >= 0.3 is 5.97 Å². The number of nitrogens with one attached hydrogen (secondary N) is 1. The van der Waals surface area contributed by atoms with Gasteiger partial charge in [0.25, 0.3) is 5.91 Å². The molecule has 1 aliphatic carbocycles. The highest BCUT2D eigenvalue weighted by atomic mass is 16.5. The molecule has 0 aliphatic heterocycles. The molecule has 0 atom stereocenters. The number of rotatable bonds is 5. The molecule has 7 heteroatoms. The number of ether oxygens (including phenoxy) is 1. The molecule has 1 aromatic heterocycles. The number of aromatic nitrogens is 2. The Labute approximate surface area is 139 Å². The fourth-order valence-electron chi connectivity index (χ4n) is 2.95. The molecular formula is C17H19N3O4. The summed E-state index contributed by atoms with van der Waals surface area (Å²) in [6.45, 7) is 0. The summed E-state index contributed by atoms with van der Waals surface area (Å²) in [6, 6.07) is 6.47.